The second-order valence-electron chi connectivity index (χ2n) is 3.59. The molecule has 0 atom stereocenters. The lowest BCUT2D eigenvalue weighted by Gasteiger charge is -2.24. The molecular weight excluding hydrogens is 162 g/mol. The summed E-state index contributed by atoms with van der Waals surface area (Å²) in [5, 5.41) is 3.04. The average Bonchev–Trinajstić information content (AvgIpc) is 2.06. The Balaban J connectivity index is 2.04. The molecule has 0 saturated heterocycles. The summed E-state index contributed by atoms with van der Waals surface area (Å²) in [4.78, 5) is 8.60. The Morgan fingerprint density at radius 1 is 1.38 bits per heavy atom. The Morgan fingerprint density at radius 3 is 2.54 bits per heavy atom. The normalized spacial score (nSPS) is 17.0. The highest BCUT2D eigenvalue weighted by Crippen LogP contribution is 2.35. The molecule has 70 valence electrons. The van der Waals surface area contributed by atoms with Crippen LogP contribution >= 0.6 is 0 Å². The lowest BCUT2D eigenvalue weighted by molar-refractivity contribution is 0.417. The van der Waals surface area contributed by atoms with Crippen molar-refractivity contribution in [3.05, 3.63) is 23.8 Å². The van der Waals surface area contributed by atoms with E-state index in [0.717, 1.165) is 18.3 Å². The highest BCUT2D eigenvalue weighted by atomic mass is 14.9. The van der Waals surface area contributed by atoms with Gasteiger partial charge in [0.05, 0.1) is 6.54 Å². The van der Waals surface area contributed by atoms with Crippen molar-refractivity contribution in [1.82, 2.24) is 15.3 Å². The summed E-state index contributed by atoms with van der Waals surface area (Å²) in [6.45, 7) is 0.755. The van der Waals surface area contributed by atoms with Gasteiger partial charge in [-0.25, -0.2) is 9.97 Å². The van der Waals surface area contributed by atoms with Crippen LogP contribution in [-0.2, 0) is 6.54 Å². The van der Waals surface area contributed by atoms with Gasteiger partial charge in [0.1, 0.15) is 5.82 Å². The zero-order valence-corrected chi connectivity index (χ0v) is 7.95. The van der Waals surface area contributed by atoms with Crippen molar-refractivity contribution in [1.29, 1.82) is 0 Å². The summed E-state index contributed by atoms with van der Waals surface area (Å²) in [6, 6.07) is 0. The van der Waals surface area contributed by atoms with Crippen LogP contribution < -0.4 is 5.32 Å². The SMILES string of the molecule is CNCc1ncc(C2CCC2)cn1. The number of aromatic nitrogens is 2. The van der Waals surface area contributed by atoms with E-state index in [1.54, 1.807) is 0 Å². The maximum absolute atomic E-state index is 4.30. The summed E-state index contributed by atoms with van der Waals surface area (Å²) >= 11 is 0. The second-order valence-corrected chi connectivity index (χ2v) is 3.59. The lowest BCUT2D eigenvalue weighted by atomic mass is 9.81. The van der Waals surface area contributed by atoms with Gasteiger partial charge in [-0.2, -0.15) is 0 Å². The highest BCUT2D eigenvalue weighted by Gasteiger charge is 2.19. The summed E-state index contributed by atoms with van der Waals surface area (Å²) in [6.07, 6.45) is 7.94. The van der Waals surface area contributed by atoms with Crippen molar-refractivity contribution >= 4 is 0 Å². The maximum Gasteiger partial charge on any atom is 0.141 e. The number of hydrogen-bond acceptors (Lipinski definition) is 3. The van der Waals surface area contributed by atoms with Gasteiger partial charge in [-0.05, 0) is 31.4 Å². The number of nitrogens with zero attached hydrogens (tertiary/aromatic N) is 2. The van der Waals surface area contributed by atoms with Gasteiger partial charge in [-0.15, -0.1) is 0 Å². The zero-order valence-electron chi connectivity index (χ0n) is 7.95. The van der Waals surface area contributed by atoms with Crippen molar-refractivity contribution in [3.8, 4) is 0 Å². The number of hydrogen-bond donors (Lipinski definition) is 1. The van der Waals surface area contributed by atoms with Gasteiger partial charge in [-0.3, -0.25) is 0 Å². The average molecular weight is 177 g/mol. The molecule has 1 aliphatic carbocycles. The third kappa shape index (κ3) is 1.86. The van der Waals surface area contributed by atoms with Crippen LogP contribution in [0.15, 0.2) is 12.4 Å². The van der Waals surface area contributed by atoms with Gasteiger partial charge in [0.25, 0.3) is 0 Å². The molecule has 0 radical (unpaired) electrons. The molecule has 0 unspecified atom stereocenters. The fourth-order valence-electron chi connectivity index (χ4n) is 1.57. The van der Waals surface area contributed by atoms with Crippen molar-refractivity contribution in [2.75, 3.05) is 7.05 Å². The van der Waals surface area contributed by atoms with Gasteiger partial charge in [0.2, 0.25) is 0 Å². The first-order chi connectivity index (χ1) is 6.40. The highest BCUT2D eigenvalue weighted by molar-refractivity contribution is 5.14. The van der Waals surface area contributed by atoms with E-state index < -0.39 is 0 Å². The van der Waals surface area contributed by atoms with Gasteiger partial charge < -0.3 is 5.32 Å². The van der Waals surface area contributed by atoms with Gasteiger partial charge in [0, 0.05) is 12.4 Å². The molecule has 1 aromatic heterocycles. The molecule has 1 saturated carbocycles. The predicted octanol–water partition coefficient (Wildman–Crippen LogP) is 1.46. The summed E-state index contributed by atoms with van der Waals surface area (Å²) in [5.41, 5.74) is 1.31. The van der Waals surface area contributed by atoms with Crippen LogP contribution in [0, 0.1) is 0 Å². The lowest BCUT2D eigenvalue weighted by Crippen LogP contribution is -2.12. The van der Waals surface area contributed by atoms with E-state index in [4.69, 9.17) is 0 Å². The minimum atomic E-state index is 0.739. The van der Waals surface area contributed by atoms with Crippen LogP contribution in [0.25, 0.3) is 0 Å². The fourth-order valence-corrected chi connectivity index (χ4v) is 1.57. The molecule has 1 aliphatic rings. The molecule has 1 aromatic rings. The molecule has 2 rings (SSSR count). The first-order valence-corrected chi connectivity index (χ1v) is 4.85. The summed E-state index contributed by atoms with van der Waals surface area (Å²) in [5.74, 6) is 1.62. The minimum absolute atomic E-state index is 0.739. The third-order valence-corrected chi connectivity index (χ3v) is 2.64. The standard InChI is InChI=1S/C10H15N3/c1-11-7-10-12-5-9(6-13-10)8-3-2-4-8/h5-6,8,11H,2-4,7H2,1H3. The van der Waals surface area contributed by atoms with Crippen LogP contribution in [0.5, 0.6) is 0 Å². The van der Waals surface area contributed by atoms with Crippen LogP contribution in [0.2, 0.25) is 0 Å². The number of nitrogens with one attached hydrogen (secondary N) is 1. The fraction of sp³-hybridized carbons (Fsp3) is 0.600. The molecule has 0 bridgehead atoms. The van der Waals surface area contributed by atoms with E-state index in [-0.39, 0.29) is 0 Å². The van der Waals surface area contributed by atoms with Crippen molar-refractivity contribution in [2.24, 2.45) is 0 Å². The molecule has 1 fully saturated rings. The van der Waals surface area contributed by atoms with Gasteiger partial charge in [-0.1, -0.05) is 6.42 Å². The molecular formula is C10H15N3. The summed E-state index contributed by atoms with van der Waals surface area (Å²) < 4.78 is 0. The summed E-state index contributed by atoms with van der Waals surface area (Å²) in [7, 11) is 1.91. The van der Waals surface area contributed by atoms with Crippen LogP contribution in [0.1, 0.15) is 36.6 Å². The quantitative estimate of drug-likeness (QED) is 0.759. The number of rotatable bonds is 3. The van der Waals surface area contributed by atoms with Crippen molar-refractivity contribution in [3.63, 3.8) is 0 Å². The Morgan fingerprint density at radius 2 is 2.08 bits per heavy atom. The van der Waals surface area contributed by atoms with Gasteiger partial charge in [0.15, 0.2) is 0 Å². The van der Waals surface area contributed by atoms with E-state index in [0.29, 0.717) is 0 Å². The Kier molecular flexibility index (Phi) is 2.54. The topological polar surface area (TPSA) is 37.8 Å². The monoisotopic (exact) mass is 177 g/mol. The van der Waals surface area contributed by atoms with E-state index in [1.807, 2.05) is 19.4 Å². The van der Waals surface area contributed by atoms with Crippen molar-refractivity contribution < 1.29 is 0 Å². The Hall–Kier alpha value is -0.960. The van der Waals surface area contributed by atoms with E-state index in [9.17, 15) is 0 Å². The van der Waals surface area contributed by atoms with E-state index >= 15 is 0 Å². The molecule has 13 heavy (non-hydrogen) atoms. The minimum Gasteiger partial charge on any atom is -0.313 e. The maximum atomic E-state index is 4.30. The molecule has 0 aliphatic heterocycles. The first kappa shape index (κ1) is 8.63. The van der Waals surface area contributed by atoms with Crippen LogP contribution in [-0.4, -0.2) is 17.0 Å². The molecule has 3 heteroatoms. The van der Waals surface area contributed by atoms with Crippen molar-refractivity contribution in [2.45, 2.75) is 31.7 Å². The first-order valence-electron chi connectivity index (χ1n) is 4.85. The van der Waals surface area contributed by atoms with E-state index in [2.05, 4.69) is 15.3 Å². The molecule has 0 aromatic carbocycles. The largest absolute Gasteiger partial charge is 0.313 e. The Labute approximate surface area is 78.6 Å². The molecule has 1 N–H and O–H groups in total. The van der Waals surface area contributed by atoms with E-state index in [1.165, 1.54) is 24.8 Å². The zero-order chi connectivity index (χ0) is 9.10. The predicted molar refractivity (Wildman–Crippen MR) is 51.4 cm³/mol. The molecule has 1 heterocycles. The van der Waals surface area contributed by atoms with Crippen LogP contribution in [0.4, 0.5) is 0 Å². The molecule has 0 amide bonds. The molecule has 0 spiro atoms. The third-order valence-electron chi connectivity index (χ3n) is 2.64. The Bertz CT molecular complexity index is 264. The smallest absolute Gasteiger partial charge is 0.141 e. The second kappa shape index (κ2) is 3.83. The van der Waals surface area contributed by atoms with Crippen LogP contribution in [0.3, 0.4) is 0 Å². The van der Waals surface area contributed by atoms with Gasteiger partial charge >= 0.3 is 0 Å². The molecule has 3 nitrogen and oxygen atoms in total.